The minimum absolute atomic E-state index is 0.0583. The van der Waals surface area contributed by atoms with Crippen LogP contribution in [-0.4, -0.2) is 28.0 Å². The number of aromatic nitrogens is 2. The third-order valence-corrected chi connectivity index (χ3v) is 3.75. The van der Waals surface area contributed by atoms with Gasteiger partial charge in [0.25, 0.3) is 0 Å². The number of rotatable bonds is 6. The van der Waals surface area contributed by atoms with E-state index in [0.29, 0.717) is 6.54 Å². The SMILES string of the molecule is Cc1nn(CCO)c(NCC(C)c2ccc(F)cc2)c1C. The third-order valence-electron chi connectivity index (χ3n) is 3.75. The Morgan fingerprint density at radius 1 is 1.29 bits per heavy atom. The van der Waals surface area contributed by atoms with Gasteiger partial charge in [-0.15, -0.1) is 0 Å². The Balaban J connectivity index is 2.07. The molecule has 1 aromatic heterocycles. The first-order chi connectivity index (χ1) is 10.0. The van der Waals surface area contributed by atoms with Crippen molar-refractivity contribution in [1.82, 2.24) is 9.78 Å². The molecule has 0 bridgehead atoms. The van der Waals surface area contributed by atoms with Crippen molar-refractivity contribution in [2.45, 2.75) is 33.2 Å². The molecule has 0 radical (unpaired) electrons. The Hall–Kier alpha value is -1.88. The van der Waals surface area contributed by atoms with Crippen molar-refractivity contribution in [2.75, 3.05) is 18.5 Å². The van der Waals surface area contributed by atoms with Crippen LogP contribution >= 0.6 is 0 Å². The number of aliphatic hydroxyl groups is 1. The largest absolute Gasteiger partial charge is 0.394 e. The maximum absolute atomic E-state index is 12.9. The molecule has 1 unspecified atom stereocenters. The first-order valence-electron chi connectivity index (χ1n) is 7.17. The molecule has 0 spiro atoms. The molecule has 1 atom stereocenters. The smallest absolute Gasteiger partial charge is 0.127 e. The summed E-state index contributed by atoms with van der Waals surface area (Å²) in [6, 6.07) is 6.59. The highest BCUT2D eigenvalue weighted by atomic mass is 19.1. The minimum atomic E-state index is -0.216. The summed E-state index contributed by atoms with van der Waals surface area (Å²) < 4.78 is 14.7. The molecular formula is C16H22FN3O. The summed E-state index contributed by atoms with van der Waals surface area (Å²) in [6.07, 6.45) is 0. The number of benzene rings is 1. The molecule has 4 nitrogen and oxygen atoms in total. The highest BCUT2D eigenvalue weighted by Gasteiger charge is 2.13. The molecule has 0 saturated carbocycles. The van der Waals surface area contributed by atoms with Gasteiger partial charge in [-0.3, -0.25) is 0 Å². The quantitative estimate of drug-likeness (QED) is 0.860. The van der Waals surface area contributed by atoms with Crippen LogP contribution in [0.5, 0.6) is 0 Å². The fourth-order valence-corrected chi connectivity index (χ4v) is 2.31. The van der Waals surface area contributed by atoms with E-state index in [1.54, 1.807) is 4.68 Å². The van der Waals surface area contributed by atoms with Gasteiger partial charge in [0.15, 0.2) is 0 Å². The van der Waals surface area contributed by atoms with E-state index < -0.39 is 0 Å². The van der Waals surface area contributed by atoms with Gasteiger partial charge in [-0.05, 0) is 37.5 Å². The Labute approximate surface area is 124 Å². The first-order valence-corrected chi connectivity index (χ1v) is 7.17. The summed E-state index contributed by atoms with van der Waals surface area (Å²) >= 11 is 0. The predicted octanol–water partition coefficient (Wildman–Crippen LogP) is 2.85. The normalized spacial score (nSPS) is 12.4. The van der Waals surface area contributed by atoms with Gasteiger partial charge in [0.1, 0.15) is 11.6 Å². The van der Waals surface area contributed by atoms with Crippen LogP contribution < -0.4 is 5.32 Å². The molecule has 0 aliphatic carbocycles. The molecule has 1 heterocycles. The molecule has 5 heteroatoms. The zero-order chi connectivity index (χ0) is 15.4. The molecule has 0 fully saturated rings. The van der Waals surface area contributed by atoms with E-state index in [1.807, 2.05) is 26.0 Å². The third kappa shape index (κ3) is 3.61. The van der Waals surface area contributed by atoms with Gasteiger partial charge in [0, 0.05) is 12.1 Å². The van der Waals surface area contributed by atoms with E-state index in [2.05, 4.69) is 17.3 Å². The van der Waals surface area contributed by atoms with Crippen molar-refractivity contribution < 1.29 is 9.50 Å². The van der Waals surface area contributed by atoms with E-state index in [9.17, 15) is 4.39 Å². The van der Waals surface area contributed by atoms with Crippen LogP contribution in [0.3, 0.4) is 0 Å². The second-order valence-corrected chi connectivity index (χ2v) is 5.34. The Bertz CT molecular complexity index is 592. The molecule has 21 heavy (non-hydrogen) atoms. The van der Waals surface area contributed by atoms with E-state index in [-0.39, 0.29) is 18.3 Å². The van der Waals surface area contributed by atoms with Gasteiger partial charge >= 0.3 is 0 Å². The summed E-state index contributed by atoms with van der Waals surface area (Å²) in [5.74, 6) is 0.977. The lowest BCUT2D eigenvalue weighted by atomic mass is 10.0. The number of nitrogens with one attached hydrogen (secondary N) is 1. The molecule has 2 aromatic rings. The van der Waals surface area contributed by atoms with Gasteiger partial charge in [-0.25, -0.2) is 9.07 Å². The number of halogens is 1. The number of hydrogen-bond donors (Lipinski definition) is 2. The lowest BCUT2D eigenvalue weighted by Crippen LogP contribution is -2.15. The van der Waals surface area contributed by atoms with Gasteiger partial charge in [-0.1, -0.05) is 19.1 Å². The molecule has 0 aliphatic rings. The first kappa shape index (κ1) is 15.5. The highest BCUT2D eigenvalue weighted by molar-refractivity contribution is 5.47. The number of nitrogens with zero attached hydrogens (tertiary/aromatic N) is 2. The highest BCUT2D eigenvalue weighted by Crippen LogP contribution is 2.21. The molecule has 114 valence electrons. The fraction of sp³-hybridized carbons (Fsp3) is 0.438. The van der Waals surface area contributed by atoms with Crippen LogP contribution in [0, 0.1) is 19.7 Å². The van der Waals surface area contributed by atoms with Gasteiger partial charge in [0.05, 0.1) is 18.8 Å². The fourth-order valence-electron chi connectivity index (χ4n) is 2.31. The van der Waals surface area contributed by atoms with Crippen LogP contribution in [0.1, 0.15) is 29.7 Å². The van der Waals surface area contributed by atoms with Gasteiger partial charge in [-0.2, -0.15) is 5.10 Å². The lowest BCUT2D eigenvalue weighted by molar-refractivity contribution is 0.270. The van der Waals surface area contributed by atoms with E-state index in [0.717, 1.165) is 29.2 Å². The standard InChI is InChI=1S/C16H22FN3O/c1-11(14-4-6-15(17)7-5-14)10-18-16-12(2)13(3)19-20(16)8-9-21/h4-7,11,18,21H,8-10H2,1-3H3. The zero-order valence-corrected chi connectivity index (χ0v) is 12.7. The van der Waals surface area contributed by atoms with Gasteiger partial charge < -0.3 is 10.4 Å². The van der Waals surface area contributed by atoms with Crippen molar-refractivity contribution in [3.8, 4) is 0 Å². The van der Waals surface area contributed by atoms with Crippen LogP contribution in [-0.2, 0) is 6.54 Å². The monoisotopic (exact) mass is 291 g/mol. The van der Waals surface area contributed by atoms with E-state index in [1.165, 1.54) is 12.1 Å². The molecule has 1 aromatic carbocycles. The van der Waals surface area contributed by atoms with Crippen molar-refractivity contribution >= 4 is 5.82 Å². The summed E-state index contributed by atoms with van der Waals surface area (Å²) in [7, 11) is 0. The number of anilines is 1. The Morgan fingerprint density at radius 3 is 2.57 bits per heavy atom. The van der Waals surface area contributed by atoms with Crippen molar-refractivity contribution in [1.29, 1.82) is 0 Å². The molecule has 0 saturated heterocycles. The van der Waals surface area contributed by atoms with Gasteiger partial charge in [0.2, 0.25) is 0 Å². The molecule has 0 aliphatic heterocycles. The van der Waals surface area contributed by atoms with Crippen LogP contribution in [0.2, 0.25) is 0 Å². The summed E-state index contributed by atoms with van der Waals surface area (Å²) in [6.45, 7) is 7.32. The molecule has 0 amide bonds. The zero-order valence-electron chi connectivity index (χ0n) is 12.7. The summed E-state index contributed by atoms with van der Waals surface area (Å²) in [5.41, 5.74) is 3.14. The number of aryl methyl sites for hydroxylation is 1. The Kier molecular flexibility index (Phi) is 4.96. The van der Waals surface area contributed by atoms with Crippen molar-refractivity contribution in [3.63, 3.8) is 0 Å². The second-order valence-electron chi connectivity index (χ2n) is 5.34. The second kappa shape index (κ2) is 6.72. The summed E-state index contributed by atoms with van der Waals surface area (Å²) in [5, 5.41) is 16.9. The maximum Gasteiger partial charge on any atom is 0.127 e. The molecular weight excluding hydrogens is 269 g/mol. The molecule has 2 rings (SSSR count). The molecule has 2 N–H and O–H groups in total. The van der Waals surface area contributed by atoms with E-state index >= 15 is 0 Å². The average molecular weight is 291 g/mol. The topological polar surface area (TPSA) is 50.1 Å². The predicted molar refractivity (Wildman–Crippen MR) is 82.1 cm³/mol. The maximum atomic E-state index is 12.9. The minimum Gasteiger partial charge on any atom is -0.394 e. The van der Waals surface area contributed by atoms with Crippen molar-refractivity contribution in [2.24, 2.45) is 0 Å². The Morgan fingerprint density at radius 2 is 1.95 bits per heavy atom. The lowest BCUT2D eigenvalue weighted by Gasteiger charge is -2.15. The summed E-state index contributed by atoms with van der Waals surface area (Å²) in [4.78, 5) is 0. The number of hydrogen-bond acceptors (Lipinski definition) is 3. The van der Waals surface area contributed by atoms with E-state index in [4.69, 9.17) is 5.11 Å². The van der Waals surface area contributed by atoms with Crippen LogP contribution in [0.15, 0.2) is 24.3 Å². The van der Waals surface area contributed by atoms with Crippen LogP contribution in [0.25, 0.3) is 0 Å². The van der Waals surface area contributed by atoms with Crippen LogP contribution in [0.4, 0.5) is 10.2 Å². The number of aliphatic hydroxyl groups excluding tert-OH is 1. The average Bonchev–Trinajstić information content (AvgIpc) is 2.73. The van der Waals surface area contributed by atoms with Crippen molar-refractivity contribution in [3.05, 3.63) is 46.9 Å².